The van der Waals surface area contributed by atoms with Crippen LogP contribution in [0.5, 0.6) is 0 Å². The average Bonchev–Trinajstić information content (AvgIpc) is 0.781. The van der Waals surface area contributed by atoms with E-state index in [1.165, 1.54) is 44.9 Å². The van der Waals surface area contributed by atoms with Gasteiger partial charge in [0.2, 0.25) is 11.8 Å². The molecule has 6 N–H and O–H groups in total. The van der Waals surface area contributed by atoms with E-state index in [0.717, 1.165) is 199 Å². The number of carbonyl (C=O) groups is 7. The van der Waals surface area contributed by atoms with Gasteiger partial charge >= 0.3 is 37.7 Å². The van der Waals surface area contributed by atoms with Crippen molar-refractivity contribution in [2.24, 2.45) is 0 Å². The SMILES string of the molecule is CCCCCCCCCCC[C@H](CC(=O)N[C@H]1[C@@H](OC[C@H](NC(=O)C[C@@H](CCCCCCCCCCC)OC(=O)CCCCCCCCC)C(=O)O)O[C@H](CO)[C@@H](OP(=O)(O)O)[C@@H]1OC(=O)C[C@@H](CCCCCCCCCCC)OC(=O)CCCCCCCCC)OC(=O)CCCCC. The molecule has 0 saturated carbocycles. The van der Waals surface area contributed by atoms with E-state index in [1.807, 2.05) is 6.92 Å². The normalized spacial score (nSPS) is 17.5. The van der Waals surface area contributed by atoms with Crippen molar-refractivity contribution >= 4 is 49.5 Å². The third-order valence-electron chi connectivity index (χ3n) is 18.7. The predicted molar refractivity (Wildman–Crippen MR) is 388 cm³/mol. The standard InChI is InChI=1S/C77H143N2O19P/c1-7-13-19-24-29-32-37-40-46-51-62(93-70(84)55-49-43-35-27-22-16-10-4)57-67(81)78-65(76(87)88)61-92-77-73(79-68(82)58-63(94-69(83)54-45-18-12-6)52-47-41-38-33-30-25-20-14-8-2)75(74(66(60-80)96-77)98-99(89,90)91)97-72(86)59-64(53-48-42-39-34-31-26-21-15-9-3)95-71(85)56-50-44-36-28-23-17-11-5/h62-66,73-75,77,80H,7-61H2,1-6H3,(H,78,81)(H,79,82)(H,87,88)(H2,89,90,91)/t62-,63-,64-,65+,66-,73-,74-,75-,77+/m1/s1. The number of esters is 4. The molecule has 1 aliphatic rings. The van der Waals surface area contributed by atoms with E-state index < -0.39 is 131 Å². The fourth-order valence-corrected chi connectivity index (χ4v) is 13.4. The van der Waals surface area contributed by atoms with Crippen LogP contribution >= 0.6 is 7.82 Å². The molecule has 9 atom stereocenters. The van der Waals surface area contributed by atoms with Crippen molar-refractivity contribution in [3.05, 3.63) is 0 Å². The van der Waals surface area contributed by atoms with Crippen LogP contribution in [0.15, 0.2) is 0 Å². The van der Waals surface area contributed by atoms with Crippen LogP contribution in [0.3, 0.4) is 0 Å². The Bertz CT molecular complexity index is 2100. The second-order valence-corrected chi connectivity index (χ2v) is 29.3. The molecular formula is C77H143N2O19P. The zero-order chi connectivity index (χ0) is 73.0. The summed E-state index contributed by atoms with van der Waals surface area (Å²) in [6.07, 6.45) is 33.5. The van der Waals surface area contributed by atoms with Crippen molar-refractivity contribution in [3.63, 3.8) is 0 Å². The van der Waals surface area contributed by atoms with E-state index in [-0.39, 0.29) is 32.1 Å². The molecule has 1 heterocycles. The number of ether oxygens (including phenoxy) is 6. The molecule has 0 unspecified atom stereocenters. The fraction of sp³-hybridized carbons (Fsp3) is 0.909. The third kappa shape index (κ3) is 52.0. The van der Waals surface area contributed by atoms with Crippen LogP contribution in [0.25, 0.3) is 0 Å². The van der Waals surface area contributed by atoms with Crippen molar-refractivity contribution in [2.75, 3.05) is 13.2 Å². The van der Waals surface area contributed by atoms with Gasteiger partial charge in [-0.25, -0.2) is 9.36 Å². The number of nitrogens with one attached hydrogen (secondary N) is 2. The van der Waals surface area contributed by atoms with Crippen LogP contribution in [0.1, 0.15) is 382 Å². The van der Waals surface area contributed by atoms with Gasteiger partial charge in [0, 0.05) is 19.3 Å². The minimum absolute atomic E-state index is 0.123. The third-order valence-corrected chi connectivity index (χ3v) is 19.2. The zero-order valence-corrected chi connectivity index (χ0v) is 63.8. The Labute approximate surface area is 598 Å². The lowest BCUT2D eigenvalue weighted by Gasteiger charge is -2.45. The minimum Gasteiger partial charge on any atom is -0.480 e. The van der Waals surface area contributed by atoms with Gasteiger partial charge in [0.05, 0.1) is 32.5 Å². The van der Waals surface area contributed by atoms with E-state index in [9.17, 15) is 58.1 Å². The monoisotopic (exact) mass is 1430 g/mol. The first-order valence-corrected chi connectivity index (χ1v) is 41.6. The maximum Gasteiger partial charge on any atom is 0.470 e. The van der Waals surface area contributed by atoms with Gasteiger partial charge in [0.25, 0.3) is 0 Å². The van der Waals surface area contributed by atoms with Crippen molar-refractivity contribution in [3.8, 4) is 0 Å². The number of carbonyl (C=O) groups excluding carboxylic acids is 6. The van der Waals surface area contributed by atoms with Crippen LogP contribution < -0.4 is 10.6 Å². The lowest BCUT2D eigenvalue weighted by Crippen LogP contribution is -2.66. The van der Waals surface area contributed by atoms with Gasteiger partial charge in [-0.2, -0.15) is 0 Å². The largest absolute Gasteiger partial charge is 0.480 e. The number of unbranched alkanes of at least 4 members (excludes halogenated alkanes) is 38. The van der Waals surface area contributed by atoms with E-state index >= 15 is 0 Å². The first-order chi connectivity index (χ1) is 47.8. The molecule has 1 fully saturated rings. The van der Waals surface area contributed by atoms with Gasteiger partial charge < -0.3 is 59.1 Å². The number of aliphatic hydroxyl groups excluding tert-OH is 1. The van der Waals surface area contributed by atoms with Crippen molar-refractivity contribution in [2.45, 2.75) is 437 Å². The summed E-state index contributed by atoms with van der Waals surface area (Å²) in [6, 6.07) is -3.59. The van der Waals surface area contributed by atoms with Crippen LogP contribution in [0.2, 0.25) is 0 Å². The Hall–Kier alpha value is -3.72. The molecule has 22 heteroatoms. The number of amides is 2. The van der Waals surface area contributed by atoms with Crippen molar-refractivity contribution in [1.82, 2.24) is 10.6 Å². The molecule has 580 valence electrons. The molecule has 0 radical (unpaired) electrons. The number of carboxylic acid groups (broad SMARTS) is 1. The molecule has 2 amide bonds. The lowest BCUT2D eigenvalue weighted by molar-refractivity contribution is -0.272. The highest BCUT2D eigenvalue weighted by Gasteiger charge is 2.52. The van der Waals surface area contributed by atoms with Crippen LogP contribution in [0, 0.1) is 0 Å². The van der Waals surface area contributed by atoms with Crippen molar-refractivity contribution in [1.29, 1.82) is 0 Å². The Morgan fingerprint density at radius 2 is 0.727 bits per heavy atom. The van der Waals surface area contributed by atoms with E-state index in [2.05, 4.69) is 45.3 Å². The number of aliphatic hydroxyl groups is 1. The van der Waals surface area contributed by atoms with Gasteiger partial charge in [-0.3, -0.25) is 33.3 Å². The van der Waals surface area contributed by atoms with Gasteiger partial charge in [-0.15, -0.1) is 0 Å². The Morgan fingerprint density at radius 1 is 0.414 bits per heavy atom. The maximum absolute atomic E-state index is 14.7. The second kappa shape index (κ2) is 62.8. The fourth-order valence-electron chi connectivity index (χ4n) is 12.8. The highest BCUT2D eigenvalue weighted by molar-refractivity contribution is 7.46. The van der Waals surface area contributed by atoms with Gasteiger partial charge in [-0.05, 0) is 57.8 Å². The molecule has 0 aromatic heterocycles. The highest BCUT2D eigenvalue weighted by atomic mass is 31.2. The topological polar surface area (TPSA) is 306 Å². The molecular weight excluding hydrogens is 1290 g/mol. The van der Waals surface area contributed by atoms with Crippen LogP contribution in [0.4, 0.5) is 0 Å². The number of rotatable bonds is 69. The number of phosphoric acid groups is 1. The Morgan fingerprint density at radius 3 is 1.07 bits per heavy atom. The molecule has 99 heavy (non-hydrogen) atoms. The quantitative estimate of drug-likeness (QED) is 0.0143. The van der Waals surface area contributed by atoms with Gasteiger partial charge in [-0.1, -0.05) is 286 Å². The average molecular weight is 1430 g/mol. The molecule has 1 rings (SSSR count). The molecule has 1 saturated heterocycles. The lowest BCUT2D eigenvalue weighted by atomic mass is 9.95. The first kappa shape index (κ1) is 93.3. The van der Waals surface area contributed by atoms with Crippen molar-refractivity contribution < 1.29 is 91.1 Å². The van der Waals surface area contributed by atoms with E-state index in [1.54, 1.807) is 0 Å². The molecule has 0 aromatic rings. The summed E-state index contributed by atoms with van der Waals surface area (Å²) in [6.45, 7) is 10.9. The zero-order valence-electron chi connectivity index (χ0n) is 62.9. The summed E-state index contributed by atoms with van der Waals surface area (Å²) < 4.78 is 54.6. The number of hydrogen-bond donors (Lipinski definition) is 6. The predicted octanol–water partition coefficient (Wildman–Crippen LogP) is 17.7. The van der Waals surface area contributed by atoms with Crippen LogP contribution in [-0.4, -0.2) is 130 Å². The maximum atomic E-state index is 14.7. The molecule has 21 nitrogen and oxygen atoms in total. The highest BCUT2D eigenvalue weighted by Crippen LogP contribution is 2.42. The molecule has 1 aliphatic heterocycles. The van der Waals surface area contributed by atoms with E-state index in [4.69, 9.17) is 32.9 Å². The Balaban J connectivity index is 3.81. The smallest absolute Gasteiger partial charge is 0.470 e. The van der Waals surface area contributed by atoms with Gasteiger partial charge in [0.1, 0.15) is 36.6 Å². The van der Waals surface area contributed by atoms with Gasteiger partial charge in [0.15, 0.2) is 18.4 Å². The Kier molecular flexibility index (Phi) is 59.2. The molecule has 0 aliphatic carbocycles. The van der Waals surface area contributed by atoms with E-state index in [0.29, 0.717) is 51.4 Å². The number of phosphoric ester groups is 1. The second-order valence-electron chi connectivity index (χ2n) is 28.1. The first-order valence-electron chi connectivity index (χ1n) is 40.1. The summed E-state index contributed by atoms with van der Waals surface area (Å²) in [5.74, 6) is -5.57. The summed E-state index contributed by atoms with van der Waals surface area (Å²) in [4.78, 5) is 117. The molecule has 0 aromatic carbocycles. The summed E-state index contributed by atoms with van der Waals surface area (Å²) in [7, 11) is -5.56. The summed E-state index contributed by atoms with van der Waals surface area (Å²) in [5, 5.41) is 26.8. The number of hydrogen-bond acceptors (Lipinski definition) is 16. The summed E-state index contributed by atoms with van der Waals surface area (Å²) in [5.41, 5.74) is 0. The summed E-state index contributed by atoms with van der Waals surface area (Å²) >= 11 is 0. The number of carboxylic acids is 1. The molecule has 0 spiro atoms. The molecule has 0 bridgehead atoms. The minimum atomic E-state index is -5.56. The van der Waals surface area contributed by atoms with Crippen LogP contribution in [-0.2, 0) is 71.1 Å². The number of aliphatic carboxylic acids is 1.